The highest BCUT2D eigenvalue weighted by molar-refractivity contribution is 7.90. The van der Waals surface area contributed by atoms with E-state index >= 15 is 0 Å². The average molecular weight is 249 g/mol. The molecule has 0 N–H and O–H groups in total. The van der Waals surface area contributed by atoms with Crippen molar-refractivity contribution in [3.05, 3.63) is 35.9 Å². The van der Waals surface area contributed by atoms with Gasteiger partial charge in [0.15, 0.2) is 0 Å². The fourth-order valence-corrected chi connectivity index (χ4v) is 1.13. The summed E-state index contributed by atoms with van der Waals surface area (Å²) < 4.78 is 5.46. The van der Waals surface area contributed by atoms with Crippen LogP contribution in [0, 0.1) is 0 Å². The molecule has 0 aliphatic heterocycles. The normalized spacial score (nSPS) is 9.58. The third-order valence-corrected chi connectivity index (χ3v) is 1.89. The minimum atomic E-state index is 0. The van der Waals surface area contributed by atoms with E-state index in [1.165, 1.54) is 5.56 Å². The summed E-state index contributed by atoms with van der Waals surface area (Å²) in [6, 6.07) is 10.2. The van der Waals surface area contributed by atoms with Gasteiger partial charge in [-0.05, 0) is 5.56 Å². The zero-order valence-electron chi connectivity index (χ0n) is 7.29. The maximum Gasteiger partial charge on any atom is 0.141 e. The van der Waals surface area contributed by atoms with Crippen LogP contribution < -0.4 is 17.0 Å². The van der Waals surface area contributed by atoms with Gasteiger partial charge in [-0.3, -0.25) is 0 Å². The van der Waals surface area contributed by atoms with E-state index in [1.807, 2.05) is 18.2 Å². The van der Waals surface area contributed by atoms with Crippen LogP contribution in [0.1, 0.15) is 5.56 Å². The minimum Gasteiger partial charge on any atom is -1.00 e. The Hall–Kier alpha value is 0.01000. The van der Waals surface area contributed by atoms with Crippen LogP contribution in [0.25, 0.3) is 0 Å². The first kappa shape index (κ1) is 12.0. The van der Waals surface area contributed by atoms with Gasteiger partial charge in [-0.25, -0.2) is 0 Å². The number of halogens is 1. The summed E-state index contributed by atoms with van der Waals surface area (Å²) in [5.74, 6) is 0. The SMILES string of the molecule is C[S+](C)OCc1ccccc1.[Br-]. The number of benzene rings is 1. The molecule has 0 atom stereocenters. The lowest BCUT2D eigenvalue weighted by molar-refractivity contribution is -0.00000296. The van der Waals surface area contributed by atoms with Crippen molar-refractivity contribution < 1.29 is 21.2 Å². The van der Waals surface area contributed by atoms with Crippen molar-refractivity contribution in [1.29, 1.82) is 0 Å². The molecule has 0 aliphatic rings. The monoisotopic (exact) mass is 248 g/mol. The van der Waals surface area contributed by atoms with Gasteiger partial charge in [-0.2, -0.15) is 4.18 Å². The quantitative estimate of drug-likeness (QED) is 0.624. The Kier molecular flexibility index (Phi) is 6.52. The van der Waals surface area contributed by atoms with Gasteiger partial charge in [0.25, 0.3) is 0 Å². The molecule has 1 rings (SSSR count). The van der Waals surface area contributed by atoms with Gasteiger partial charge in [0, 0.05) is 0 Å². The first-order valence-electron chi connectivity index (χ1n) is 3.54. The summed E-state index contributed by atoms with van der Waals surface area (Å²) >= 11 is 0.0839. The molecule has 68 valence electrons. The zero-order chi connectivity index (χ0) is 8.10. The van der Waals surface area contributed by atoms with Crippen LogP contribution in [0.15, 0.2) is 30.3 Å². The first-order chi connectivity index (χ1) is 5.29. The second-order valence-corrected chi connectivity index (χ2v) is 4.21. The van der Waals surface area contributed by atoms with E-state index in [0.29, 0.717) is 0 Å². The molecule has 0 radical (unpaired) electrons. The number of rotatable bonds is 3. The summed E-state index contributed by atoms with van der Waals surface area (Å²) in [6.45, 7) is 0.733. The molecule has 0 amide bonds. The number of hydrogen-bond acceptors (Lipinski definition) is 1. The standard InChI is InChI=1S/C9H13OS.BrH/c1-11(2)10-8-9-6-4-3-5-7-9;/h3-7H,8H2,1-2H3;1H/q+1;/p-1. The van der Waals surface area contributed by atoms with E-state index in [0.717, 1.165) is 6.61 Å². The van der Waals surface area contributed by atoms with E-state index < -0.39 is 0 Å². The van der Waals surface area contributed by atoms with E-state index in [9.17, 15) is 0 Å². The lowest BCUT2D eigenvalue weighted by atomic mass is 10.2. The first-order valence-corrected chi connectivity index (χ1v) is 5.50. The third-order valence-electron chi connectivity index (χ3n) is 1.30. The Labute approximate surface area is 87.5 Å². The molecule has 0 bridgehead atoms. The Morgan fingerprint density at radius 1 is 1.17 bits per heavy atom. The fraction of sp³-hybridized carbons (Fsp3) is 0.333. The van der Waals surface area contributed by atoms with Crippen molar-refractivity contribution >= 4 is 11.2 Å². The molecule has 1 nitrogen and oxygen atoms in total. The van der Waals surface area contributed by atoms with Gasteiger partial charge in [-0.15, -0.1) is 0 Å². The molecule has 0 spiro atoms. The van der Waals surface area contributed by atoms with Crippen LogP contribution >= 0.6 is 0 Å². The Balaban J connectivity index is 0.00000121. The van der Waals surface area contributed by atoms with Gasteiger partial charge >= 0.3 is 0 Å². The van der Waals surface area contributed by atoms with Crippen molar-refractivity contribution in [2.45, 2.75) is 6.61 Å². The second kappa shape index (κ2) is 6.52. The maximum atomic E-state index is 5.46. The van der Waals surface area contributed by atoms with Gasteiger partial charge < -0.3 is 17.0 Å². The zero-order valence-corrected chi connectivity index (χ0v) is 9.69. The van der Waals surface area contributed by atoms with Gasteiger partial charge in [0.2, 0.25) is 0 Å². The smallest absolute Gasteiger partial charge is 0.141 e. The van der Waals surface area contributed by atoms with Crippen LogP contribution in [-0.4, -0.2) is 12.5 Å². The van der Waals surface area contributed by atoms with Crippen LogP contribution in [0.4, 0.5) is 0 Å². The molecular weight excluding hydrogens is 236 g/mol. The van der Waals surface area contributed by atoms with Crippen LogP contribution in [0.5, 0.6) is 0 Å². The van der Waals surface area contributed by atoms with Crippen LogP contribution in [0.2, 0.25) is 0 Å². The van der Waals surface area contributed by atoms with Gasteiger partial charge in [0.05, 0.1) is 0 Å². The Morgan fingerprint density at radius 3 is 2.25 bits per heavy atom. The molecule has 1 aromatic carbocycles. The molecule has 12 heavy (non-hydrogen) atoms. The molecule has 0 saturated heterocycles. The summed E-state index contributed by atoms with van der Waals surface area (Å²) in [6.07, 6.45) is 4.14. The minimum absolute atomic E-state index is 0. The van der Waals surface area contributed by atoms with E-state index in [4.69, 9.17) is 4.18 Å². The highest BCUT2D eigenvalue weighted by Crippen LogP contribution is 2.02. The highest BCUT2D eigenvalue weighted by atomic mass is 79.9. The van der Waals surface area contributed by atoms with Crippen molar-refractivity contribution in [3.63, 3.8) is 0 Å². The molecule has 3 heteroatoms. The molecule has 1 aromatic rings. The lowest BCUT2D eigenvalue weighted by Crippen LogP contribution is -3.00. The summed E-state index contributed by atoms with van der Waals surface area (Å²) in [7, 11) is 0. The second-order valence-electron chi connectivity index (χ2n) is 2.49. The Bertz CT molecular complexity index is 201. The molecule has 0 heterocycles. The van der Waals surface area contributed by atoms with Crippen molar-refractivity contribution in [3.8, 4) is 0 Å². The summed E-state index contributed by atoms with van der Waals surface area (Å²) in [5.41, 5.74) is 1.24. The number of hydrogen-bond donors (Lipinski definition) is 0. The van der Waals surface area contributed by atoms with E-state index in [1.54, 1.807) is 0 Å². The summed E-state index contributed by atoms with van der Waals surface area (Å²) in [5, 5.41) is 0. The van der Waals surface area contributed by atoms with Crippen LogP contribution in [0.3, 0.4) is 0 Å². The van der Waals surface area contributed by atoms with Gasteiger partial charge in [0.1, 0.15) is 30.3 Å². The topological polar surface area (TPSA) is 9.23 Å². The molecule has 0 saturated carbocycles. The van der Waals surface area contributed by atoms with Crippen molar-refractivity contribution in [1.82, 2.24) is 0 Å². The van der Waals surface area contributed by atoms with Crippen molar-refractivity contribution in [2.75, 3.05) is 12.5 Å². The lowest BCUT2D eigenvalue weighted by Gasteiger charge is -1.97. The van der Waals surface area contributed by atoms with Gasteiger partial charge in [-0.1, -0.05) is 30.3 Å². The predicted molar refractivity (Wildman–Crippen MR) is 50.4 cm³/mol. The summed E-state index contributed by atoms with van der Waals surface area (Å²) in [4.78, 5) is 0. The molecular formula is C9H13BrOS. The highest BCUT2D eigenvalue weighted by Gasteiger charge is 2.02. The fourth-order valence-electron chi connectivity index (χ4n) is 0.760. The average Bonchev–Trinajstić information content (AvgIpc) is 2.03. The molecule has 0 aliphatic carbocycles. The largest absolute Gasteiger partial charge is 1.00 e. The van der Waals surface area contributed by atoms with E-state index in [-0.39, 0.29) is 28.2 Å². The molecule has 0 aromatic heterocycles. The Morgan fingerprint density at radius 2 is 1.75 bits per heavy atom. The maximum absolute atomic E-state index is 5.46. The third kappa shape index (κ3) is 4.80. The van der Waals surface area contributed by atoms with Crippen LogP contribution in [-0.2, 0) is 22.0 Å². The predicted octanol–water partition coefficient (Wildman–Crippen LogP) is -1.000. The van der Waals surface area contributed by atoms with E-state index in [2.05, 4.69) is 24.6 Å². The molecule has 0 fully saturated rings. The van der Waals surface area contributed by atoms with Crippen molar-refractivity contribution in [2.24, 2.45) is 0 Å². The molecule has 0 unspecified atom stereocenters.